The smallest absolute Gasteiger partial charge is 0.280 e. The van der Waals surface area contributed by atoms with Crippen molar-refractivity contribution in [3.05, 3.63) is 71.6 Å². The summed E-state index contributed by atoms with van der Waals surface area (Å²) in [5.41, 5.74) is 2.84. The minimum Gasteiger partial charge on any atom is -0.444 e. The molecule has 0 N–H and O–H groups in total. The van der Waals surface area contributed by atoms with Crippen LogP contribution >= 0.6 is 0 Å². The first kappa shape index (κ1) is 18.2. The molecule has 0 spiro atoms. The molecule has 0 radical (unpaired) electrons. The zero-order chi connectivity index (χ0) is 22.6. The van der Waals surface area contributed by atoms with Gasteiger partial charge in [0.2, 0.25) is 5.89 Å². The van der Waals surface area contributed by atoms with Crippen LogP contribution in [0.25, 0.3) is 22.5 Å². The lowest BCUT2D eigenvalue weighted by molar-refractivity contribution is 0.362. The summed E-state index contributed by atoms with van der Waals surface area (Å²) in [7, 11) is 1.77. The molecule has 4 fully saturated rings. The lowest BCUT2D eigenvalue weighted by Gasteiger charge is -2.19. The van der Waals surface area contributed by atoms with E-state index in [1.165, 1.54) is 17.3 Å². The Hall–Kier alpha value is -4.28. The predicted octanol–water partition coefficient (Wildman–Crippen LogP) is 1.60. The Balaban J connectivity index is 1.06. The molecule has 5 aromatic rings. The van der Waals surface area contributed by atoms with Crippen molar-refractivity contribution in [2.45, 2.75) is 18.0 Å². The molecule has 1 aromatic carbocycles. The van der Waals surface area contributed by atoms with Gasteiger partial charge in [0.15, 0.2) is 29.1 Å². The van der Waals surface area contributed by atoms with Gasteiger partial charge in [0.05, 0.1) is 17.9 Å². The second kappa shape index (κ2) is 5.99. The van der Waals surface area contributed by atoms with Gasteiger partial charge in [0.1, 0.15) is 12.9 Å². The number of anilines is 1. The summed E-state index contributed by atoms with van der Waals surface area (Å²) in [6.07, 6.45) is 6.23. The second-order valence-corrected chi connectivity index (χ2v) is 9.30. The maximum absolute atomic E-state index is 12.8. The molecule has 2 saturated heterocycles. The van der Waals surface area contributed by atoms with Crippen molar-refractivity contribution in [3.63, 3.8) is 0 Å². The molecule has 1 unspecified atom stereocenters. The largest absolute Gasteiger partial charge is 0.444 e. The van der Waals surface area contributed by atoms with E-state index in [1.807, 2.05) is 12.1 Å². The molecule has 4 aliphatic rings. The van der Waals surface area contributed by atoms with Crippen LogP contribution in [-0.4, -0.2) is 46.8 Å². The molecule has 4 atom stereocenters. The number of fused-ring (bicyclic) bond motifs is 2. The maximum Gasteiger partial charge on any atom is 0.280 e. The molecule has 11 heteroatoms. The van der Waals surface area contributed by atoms with E-state index in [4.69, 9.17) is 13.9 Å². The fourth-order valence-corrected chi connectivity index (χ4v) is 6.02. The van der Waals surface area contributed by atoms with Crippen LogP contribution in [0.15, 0.2) is 63.2 Å². The first-order valence-electron chi connectivity index (χ1n) is 11.1. The first-order chi connectivity index (χ1) is 16.7. The maximum atomic E-state index is 12.8. The first-order valence-corrected chi connectivity index (χ1v) is 11.1. The van der Waals surface area contributed by atoms with Crippen LogP contribution in [0.3, 0.4) is 0 Å². The van der Waals surface area contributed by atoms with E-state index in [2.05, 4.69) is 37.1 Å². The third kappa shape index (κ3) is 2.16. The van der Waals surface area contributed by atoms with Gasteiger partial charge in [-0.2, -0.15) is 4.98 Å². The van der Waals surface area contributed by atoms with Gasteiger partial charge < -0.3 is 18.4 Å². The average Bonchev–Trinajstić information content (AvgIpc) is 3.38. The lowest BCUT2D eigenvalue weighted by Crippen LogP contribution is -2.23. The summed E-state index contributed by atoms with van der Waals surface area (Å²) in [6.45, 7) is 1.15. The quantitative estimate of drug-likeness (QED) is 0.390. The summed E-state index contributed by atoms with van der Waals surface area (Å²) < 4.78 is 14.2. The second-order valence-electron chi connectivity index (χ2n) is 9.30. The fourth-order valence-electron chi connectivity index (χ4n) is 6.02. The van der Waals surface area contributed by atoms with E-state index in [-0.39, 0.29) is 17.5 Å². The van der Waals surface area contributed by atoms with E-state index in [9.17, 15) is 4.79 Å². The lowest BCUT2D eigenvalue weighted by atomic mass is 10.1. The summed E-state index contributed by atoms with van der Waals surface area (Å²) >= 11 is 0. The molecular weight excluding hydrogens is 436 g/mol. The molecule has 2 aliphatic heterocycles. The number of imidazole rings is 1. The van der Waals surface area contributed by atoms with Crippen LogP contribution in [0, 0.1) is 11.8 Å². The van der Waals surface area contributed by atoms with Gasteiger partial charge in [-0.3, -0.25) is 9.36 Å². The average molecular weight is 454 g/mol. The molecule has 11 nitrogen and oxygen atoms in total. The number of hydrogen-bond acceptors (Lipinski definition) is 9. The van der Waals surface area contributed by atoms with Crippen LogP contribution in [0.1, 0.15) is 11.7 Å². The summed E-state index contributed by atoms with van der Waals surface area (Å²) in [5, 5.41) is 4.33. The molecule has 168 valence electrons. The van der Waals surface area contributed by atoms with Crippen LogP contribution < -0.4 is 10.5 Å². The highest BCUT2D eigenvalue weighted by Gasteiger charge is 2.95. The monoisotopic (exact) mass is 454 g/mol. The normalized spacial score (nSPS) is 26.3. The Morgan fingerprint density at radius 2 is 2.15 bits per heavy atom. The highest BCUT2D eigenvalue weighted by Crippen LogP contribution is 2.85. The molecule has 6 heterocycles. The molecular formula is C23H18N8O3. The van der Waals surface area contributed by atoms with E-state index in [0.29, 0.717) is 34.9 Å². The highest BCUT2D eigenvalue weighted by atomic mass is 16.5. The van der Waals surface area contributed by atoms with Crippen LogP contribution in [0.5, 0.6) is 0 Å². The van der Waals surface area contributed by atoms with Crippen molar-refractivity contribution in [2.75, 3.05) is 11.4 Å². The summed E-state index contributed by atoms with van der Waals surface area (Å²) in [4.78, 5) is 32.4. The number of nitrogens with zero attached hydrogens (tertiary/aromatic N) is 8. The van der Waals surface area contributed by atoms with E-state index < -0.39 is 0 Å². The van der Waals surface area contributed by atoms with Crippen LogP contribution in [-0.2, 0) is 19.0 Å². The van der Waals surface area contributed by atoms with E-state index in [0.717, 1.165) is 29.4 Å². The Labute approximate surface area is 191 Å². The van der Waals surface area contributed by atoms with Gasteiger partial charge in [0, 0.05) is 36.8 Å². The summed E-state index contributed by atoms with van der Waals surface area (Å²) in [6, 6.07) is 8.72. The van der Waals surface area contributed by atoms with Gasteiger partial charge in [-0.25, -0.2) is 15.0 Å². The van der Waals surface area contributed by atoms with Crippen molar-refractivity contribution in [3.8, 4) is 11.3 Å². The number of aromatic nitrogens is 7. The molecule has 2 aliphatic carbocycles. The van der Waals surface area contributed by atoms with Crippen molar-refractivity contribution in [2.24, 2.45) is 18.9 Å². The van der Waals surface area contributed by atoms with Gasteiger partial charge in [0.25, 0.3) is 5.56 Å². The van der Waals surface area contributed by atoms with Gasteiger partial charge >= 0.3 is 0 Å². The zero-order valence-corrected chi connectivity index (χ0v) is 18.1. The topological polar surface area (TPSA) is 121 Å². The number of oxazole rings is 1. The number of piperidine rings is 1. The molecule has 2 saturated carbocycles. The fraction of sp³-hybridized carbons (Fsp3) is 0.304. The molecule has 0 amide bonds. The minimum atomic E-state index is -0.184. The molecule has 34 heavy (non-hydrogen) atoms. The van der Waals surface area contributed by atoms with Gasteiger partial charge in [-0.1, -0.05) is 17.3 Å². The van der Waals surface area contributed by atoms with Crippen molar-refractivity contribution in [1.82, 2.24) is 34.2 Å². The number of hydrogen-bond donors (Lipinski definition) is 0. The highest BCUT2D eigenvalue weighted by molar-refractivity contribution is 5.71. The number of benzene rings is 1. The molecule has 4 aromatic heterocycles. The molecule has 9 rings (SSSR count). The van der Waals surface area contributed by atoms with Gasteiger partial charge in [-0.05, 0) is 18.1 Å². The number of rotatable bonds is 5. The predicted molar refractivity (Wildman–Crippen MR) is 118 cm³/mol. The van der Waals surface area contributed by atoms with Crippen LogP contribution in [0.2, 0.25) is 0 Å². The Morgan fingerprint density at radius 1 is 1.24 bits per heavy atom. The minimum absolute atomic E-state index is 0.0286. The Bertz CT molecular complexity index is 1640. The van der Waals surface area contributed by atoms with Crippen molar-refractivity contribution < 1.29 is 8.94 Å². The van der Waals surface area contributed by atoms with E-state index in [1.54, 1.807) is 24.1 Å². The van der Waals surface area contributed by atoms with Crippen molar-refractivity contribution in [1.29, 1.82) is 0 Å². The molecule has 2 bridgehead atoms. The SMILES string of the molecule is Cn1cnc2ncn(Cc3nc([C@@]45C6[C@H]4[C@H]5CN6c4cccc(-c5cnco5)c4)no3)c(=O)c21. The summed E-state index contributed by atoms with van der Waals surface area (Å²) in [5.74, 6) is 3.01. The third-order valence-corrected chi connectivity index (χ3v) is 7.70. The van der Waals surface area contributed by atoms with Crippen LogP contribution in [0.4, 0.5) is 5.69 Å². The standard InChI is InChI=1S/C23H18N8O3/c1-29-9-25-20-18(29)21(32)30(10-26-20)8-16-27-22(28-34-16)23-14-7-31(19(23)17(14)23)13-4-2-3-12(5-13)15-6-24-11-33-15/h2-6,9-11,14,17,19H,7-8H2,1H3/t14-,17-,19?,23-/m1/s1. The Morgan fingerprint density at radius 3 is 3.00 bits per heavy atom. The third-order valence-electron chi connectivity index (χ3n) is 7.70. The van der Waals surface area contributed by atoms with Crippen molar-refractivity contribution >= 4 is 16.9 Å². The Kier molecular flexibility index (Phi) is 3.20. The van der Waals surface area contributed by atoms with E-state index >= 15 is 0 Å². The number of aryl methyl sites for hydroxylation is 1. The zero-order valence-electron chi connectivity index (χ0n) is 18.1. The van der Waals surface area contributed by atoms with Gasteiger partial charge in [-0.15, -0.1) is 0 Å².